The molecule has 0 radical (unpaired) electrons. The fourth-order valence-electron chi connectivity index (χ4n) is 2.22. The second kappa shape index (κ2) is 4.78. The number of rotatable bonds is 3. The van der Waals surface area contributed by atoms with E-state index in [4.69, 9.17) is 0 Å². The maximum atomic E-state index is 11.9. The van der Waals surface area contributed by atoms with Crippen molar-refractivity contribution in [1.82, 2.24) is 5.32 Å². The van der Waals surface area contributed by atoms with Gasteiger partial charge >= 0.3 is 0 Å². The largest absolute Gasteiger partial charge is 0.307 e. The quantitative estimate of drug-likeness (QED) is 0.899. The smallest absolute Gasteiger partial charge is 0.178 e. The van der Waals surface area contributed by atoms with Gasteiger partial charge in [-0.05, 0) is 31.4 Å². The van der Waals surface area contributed by atoms with Gasteiger partial charge in [0.05, 0.1) is 10.6 Å². The molecule has 2 rings (SSSR count). The van der Waals surface area contributed by atoms with Crippen molar-refractivity contribution in [3.8, 4) is 0 Å². The molecule has 0 aliphatic carbocycles. The third-order valence-electron chi connectivity index (χ3n) is 3.40. The summed E-state index contributed by atoms with van der Waals surface area (Å²) in [4.78, 5) is 0.507. The van der Waals surface area contributed by atoms with E-state index in [1.807, 2.05) is 12.1 Å². The van der Waals surface area contributed by atoms with Crippen LogP contribution in [0.4, 0.5) is 0 Å². The molecule has 2 atom stereocenters. The zero-order valence-electron chi connectivity index (χ0n) is 10.3. The summed E-state index contributed by atoms with van der Waals surface area (Å²) in [6.07, 6.45) is 1.72. The van der Waals surface area contributed by atoms with Crippen LogP contribution in [0.5, 0.6) is 0 Å². The first-order chi connectivity index (χ1) is 8.04. The van der Waals surface area contributed by atoms with Gasteiger partial charge in [0.2, 0.25) is 0 Å². The molecule has 1 aromatic carbocycles. The lowest BCUT2D eigenvalue weighted by molar-refractivity contribution is 0.425. The molecule has 1 heterocycles. The number of fused-ring (bicyclic) bond motifs is 1. The number of sulfone groups is 1. The van der Waals surface area contributed by atoms with Crippen LogP contribution in [0.2, 0.25) is 0 Å². The van der Waals surface area contributed by atoms with E-state index in [0.29, 0.717) is 17.4 Å². The van der Waals surface area contributed by atoms with Crippen molar-refractivity contribution in [3.05, 3.63) is 29.8 Å². The molecule has 94 valence electrons. The minimum atomic E-state index is -3.06. The highest BCUT2D eigenvalue weighted by atomic mass is 32.2. The first kappa shape index (κ1) is 12.6. The Labute approximate surface area is 103 Å². The molecule has 0 amide bonds. The van der Waals surface area contributed by atoms with Crippen LogP contribution >= 0.6 is 0 Å². The zero-order valence-corrected chi connectivity index (χ0v) is 11.1. The molecule has 0 spiro atoms. The van der Waals surface area contributed by atoms with E-state index in [9.17, 15) is 8.42 Å². The van der Waals surface area contributed by atoms with Gasteiger partial charge in [-0.3, -0.25) is 0 Å². The Bertz CT molecular complexity index is 496. The Hall–Kier alpha value is -0.870. The van der Waals surface area contributed by atoms with E-state index in [1.54, 1.807) is 12.1 Å². The molecular formula is C13H19NO2S. The van der Waals surface area contributed by atoms with Gasteiger partial charge in [-0.25, -0.2) is 8.42 Å². The van der Waals surface area contributed by atoms with Crippen LogP contribution in [-0.4, -0.2) is 20.2 Å². The normalized spacial score (nSPS) is 24.0. The average molecular weight is 253 g/mol. The van der Waals surface area contributed by atoms with Gasteiger partial charge in [-0.2, -0.15) is 0 Å². The number of hydrogen-bond acceptors (Lipinski definition) is 3. The standard InChI is InChI=1S/C13H19NO2S/c1-3-10(2)14-12-8-9-17(15,16)13-7-5-4-6-11(12)13/h4-7,10,12,14H,3,8-9H2,1-2H3. The number of hydrogen-bond donors (Lipinski definition) is 1. The zero-order chi connectivity index (χ0) is 12.5. The van der Waals surface area contributed by atoms with Crippen molar-refractivity contribution in [2.24, 2.45) is 0 Å². The Morgan fingerprint density at radius 2 is 2.12 bits per heavy atom. The Balaban J connectivity index is 2.35. The minimum absolute atomic E-state index is 0.171. The van der Waals surface area contributed by atoms with Gasteiger partial charge in [0.15, 0.2) is 9.84 Å². The highest BCUT2D eigenvalue weighted by Gasteiger charge is 2.29. The molecule has 4 heteroatoms. The molecule has 0 saturated carbocycles. The molecule has 2 unspecified atom stereocenters. The monoisotopic (exact) mass is 253 g/mol. The van der Waals surface area contributed by atoms with Gasteiger partial charge in [-0.1, -0.05) is 25.1 Å². The van der Waals surface area contributed by atoms with Crippen LogP contribution < -0.4 is 5.32 Å². The van der Waals surface area contributed by atoms with Gasteiger partial charge in [-0.15, -0.1) is 0 Å². The second-order valence-electron chi connectivity index (χ2n) is 4.67. The SMILES string of the molecule is CCC(C)NC1CCS(=O)(=O)c2ccccc21. The van der Waals surface area contributed by atoms with Crippen LogP contribution in [0.3, 0.4) is 0 Å². The molecule has 0 aromatic heterocycles. The maximum Gasteiger partial charge on any atom is 0.178 e. The van der Waals surface area contributed by atoms with Crippen molar-refractivity contribution in [1.29, 1.82) is 0 Å². The van der Waals surface area contributed by atoms with E-state index in [0.717, 1.165) is 12.0 Å². The molecule has 0 bridgehead atoms. The summed E-state index contributed by atoms with van der Waals surface area (Å²) in [7, 11) is -3.06. The highest BCUT2D eigenvalue weighted by molar-refractivity contribution is 7.91. The predicted molar refractivity (Wildman–Crippen MR) is 68.7 cm³/mol. The second-order valence-corrected chi connectivity index (χ2v) is 6.75. The summed E-state index contributed by atoms with van der Waals surface area (Å²) in [5.41, 5.74) is 0.930. The number of nitrogens with one attached hydrogen (secondary N) is 1. The summed E-state index contributed by atoms with van der Waals surface area (Å²) in [6.45, 7) is 4.26. The molecule has 1 aromatic rings. The van der Waals surface area contributed by atoms with Crippen molar-refractivity contribution in [2.75, 3.05) is 5.75 Å². The third kappa shape index (κ3) is 2.53. The average Bonchev–Trinajstić information content (AvgIpc) is 2.33. The topological polar surface area (TPSA) is 46.2 Å². The van der Waals surface area contributed by atoms with Crippen molar-refractivity contribution in [3.63, 3.8) is 0 Å². The molecule has 0 saturated heterocycles. The van der Waals surface area contributed by atoms with Crippen molar-refractivity contribution in [2.45, 2.75) is 43.7 Å². The Morgan fingerprint density at radius 3 is 2.82 bits per heavy atom. The van der Waals surface area contributed by atoms with E-state index in [1.165, 1.54) is 0 Å². The Morgan fingerprint density at radius 1 is 1.41 bits per heavy atom. The molecule has 1 aliphatic rings. The maximum absolute atomic E-state index is 11.9. The number of benzene rings is 1. The molecule has 1 aliphatic heterocycles. The summed E-state index contributed by atoms with van der Waals surface area (Å²) >= 11 is 0. The summed E-state index contributed by atoms with van der Waals surface area (Å²) in [6, 6.07) is 7.92. The van der Waals surface area contributed by atoms with Crippen LogP contribution in [0.25, 0.3) is 0 Å². The Kier molecular flexibility index (Phi) is 3.54. The van der Waals surface area contributed by atoms with Crippen LogP contribution in [0, 0.1) is 0 Å². The fourth-order valence-corrected chi connectivity index (χ4v) is 3.85. The summed E-state index contributed by atoms with van der Waals surface area (Å²) < 4.78 is 23.9. The molecular weight excluding hydrogens is 234 g/mol. The molecule has 1 N–H and O–H groups in total. The van der Waals surface area contributed by atoms with Crippen molar-refractivity contribution < 1.29 is 8.42 Å². The van der Waals surface area contributed by atoms with E-state index < -0.39 is 9.84 Å². The fraction of sp³-hybridized carbons (Fsp3) is 0.538. The predicted octanol–water partition coefficient (Wildman–Crippen LogP) is 2.29. The van der Waals surface area contributed by atoms with E-state index in [-0.39, 0.29) is 11.8 Å². The van der Waals surface area contributed by atoms with Gasteiger partial charge in [0, 0.05) is 12.1 Å². The first-order valence-electron chi connectivity index (χ1n) is 6.12. The first-order valence-corrected chi connectivity index (χ1v) is 7.77. The van der Waals surface area contributed by atoms with Crippen LogP contribution in [0.1, 0.15) is 38.3 Å². The van der Waals surface area contributed by atoms with Gasteiger partial charge in [0.1, 0.15) is 0 Å². The third-order valence-corrected chi connectivity index (χ3v) is 5.22. The lowest BCUT2D eigenvalue weighted by atomic mass is 10.0. The molecule has 0 fully saturated rings. The summed E-state index contributed by atoms with van der Waals surface area (Å²) in [5, 5.41) is 3.50. The van der Waals surface area contributed by atoms with E-state index >= 15 is 0 Å². The van der Waals surface area contributed by atoms with Crippen LogP contribution in [-0.2, 0) is 9.84 Å². The van der Waals surface area contributed by atoms with Crippen LogP contribution in [0.15, 0.2) is 29.2 Å². The highest BCUT2D eigenvalue weighted by Crippen LogP contribution is 2.32. The molecule has 3 nitrogen and oxygen atoms in total. The summed E-state index contributed by atoms with van der Waals surface area (Å²) in [5.74, 6) is 0.248. The van der Waals surface area contributed by atoms with Gasteiger partial charge < -0.3 is 5.32 Å². The lowest BCUT2D eigenvalue weighted by Crippen LogP contribution is -2.34. The minimum Gasteiger partial charge on any atom is -0.307 e. The van der Waals surface area contributed by atoms with Crippen molar-refractivity contribution >= 4 is 9.84 Å². The van der Waals surface area contributed by atoms with Gasteiger partial charge in [0.25, 0.3) is 0 Å². The lowest BCUT2D eigenvalue weighted by Gasteiger charge is -2.28. The van der Waals surface area contributed by atoms with E-state index in [2.05, 4.69) is 19.2 Å². The molecule has 17 heavy (non-hydrogen) atoms.